The van der Waals surface area contributed by atoms with Crippen molar-refractivity contribution in [1.29, 1.82) is 0 Å². The highest BCUT2D eigenvalue weighted by Crippen LogP contribution is 2.27. The smallest absolute Gasteiger partial charge is 0.186 e. The summed E-state index contributed by atoms with van der Waals surface area (Å²) in [5.41, 5.74) is 5.02. The third kappa shape index (κ3) is 7.23. The Morgan fingerprint density at radius 2 is 1.68 bits per heavy atom. The van der Waals surface area contributed by atoms with E-state index in [9.17, 15) is 0 Å². The molecule has 0 N–H and O–H groups in total. The summed E-state index contributed by atoms with van der Waals surface area (Å²) in [7, 11) is 3.93. The van der Waals surface area contributed by atoms with Crippen LogP contribution in [0.5, 0.6) is 5.75 Å². The number of thiazole rings is 1. The van der Waals surface area contributed by atoms with Gasteiger partial charge in [-0.1, -0.05) is 24.3 Å². The largest absolute Gasteiger partial charge is 0.497 e. The van der Waals surface area contributed by atoms with Crippen LogP contribution in [0.3, 0.4) is 0 Å². The van der Waals surface area contributed by atoms with E-state index in [2.05, 4.69) is 74.5 Å². The van der Waals surface area contributed by atoms with E-state index in [4.69, 9.17) is 14.5 Å². The van der Waals surface area contributed by atoms with Crippen LogP contribution in [0.4, 0.5) is 10.8 Å². The molecule has 3 aromatic rings. The molecule has 7 nitrogen and oxygen atoms in total. The van der Waals surface area contributed by atoms with E-state index in [0.29, 0.717) is 0 Å². The van der Waals surface area contributed by atoms with E-state index in [1.165, 1.54) is 22.5 Å². The summed E-state index contributed by atoms with van der Waals surface area (Å²) in [5.74, 6) is 0.889. The lowest BCUT2D eigenvalue weighted by molar-refractivity contribution is 0.0383. The van der Waals surface area contributed by atoms with Crippen molar-refractivity contribution in [1.82, 2.24) is 14.8 Å². The Balaban J connectivity index is 1.32. The number of rotatable bonds is 10. The van der Waals surface area contributed by atoms with Crippen LogP contribution in [0.15, 0.2) is 53.9 Å². The van der Waals surface area contributed by atoms with Crippen LogP contribution in [0.25, 0.3) is 0 Å². The Bertz CT molecular complexity index is 1120. The highest BCUT2D eigenvalue weighted by atomic mass is 32.1. The second-order valence-electron chi connectivity index (χ2n) is 9.99. The van der Waals surface area contributed by atoms with Gasteiger partial charge in [0.25, 0.3) is 0 Å². The third-order valence-electron chi connectivity index (χ3n) is 7.26. The number of morpholine rings is 1. The Kier molecular flexibility index (Phi) is 8.94. The van der Waals surface area contributed by atoms with Gasteiger partial charge in [-0.2, -0.15) is 0 Å². The quantitative estimate of drug-likeness (QED) is 0.400. The lowest BCUT2D eigenvalue weighted by Gasteiger charge is -2.34. The summed E-state index contributed by atoms with van der Waals surface area (Å²) in [6.45, 7) is 10.7. The molecule has 0 saturated carbocycles. The molecule has 0 spiro atoms. The number of benzene rings is 2. The van der Waals surface area contributed by atoms with E-state index in [0.717, 1.165) is 89.4 Å². The number of likely N-dealkylation sites (N-methyl/N-ethyl adjacent to an activating group) is 1. The molecule has 0 amide bonds. The molecule has 0 bridgehead atoms. The molecule has 0 aliphatic carbocycles. The number of hydrogen-bond acceptors (Lipinski definition) is 8. The van der Waals surface area contributed by atoms with Crippen molar-refractivity contribution in [3.8, 4) is 5.75 Å². The predicted molar refractivity (Wildman–Crippen MR) is 152 cm³/mol. The highest BCUT2D eigenvalue weighted by Gasteiger charge is 2.18. The molecule has 2 aliphatic heterocycles. The zero-order chi connectivity index (χ0) is 25.5. The first-order chi connectivity index (χ1) is 18.2. The fraction of sp³-hybridized carbons (Fsp3) is 0.483. The van der Waals surface area contributed by atoms with E-state index in [1.54, 1.807) is 18.4 Å². The van der Waals surface area contributed by atoms with Crippen LogP contribution in [0.2, 0.25) is 0 Å². The molecule has 2 saturated heterocycles. The summed E-state index contributed by atoms with van der Waals surface area (Å²) < 4.78 is 11.0. The number of anilines is 2. The zero-order valence-corrected chi connectivity index (χ0v) is 23.0. The predicted octanol–water partition coefficient (Wildman–Crippen LogP) is 3.99. The molecule has 37 heavy (non-hydrogen) atoms. The van der Waals surface area contributed by atoms with Gasteiger partial charge in [-0.3, -0.25) is 4.90 Å². The van der Waals surface area contributed by atoms with Crippen LogP contribution in [0.1, 0.15) is 16.8 Å². The average Bonchev–Trinajstić information content (AvgIpc) is 3.42. The standard InChI is InChI=1S/C29H39N5O2S/c1-31-11-13-33(14-12-31)27-7-3-5-24(19-27)21-34(22-25-6-4-8-28(20-25)35-2)29-30-26(23-37-29)9-10-32-15-17-36-18-16-32/h3-8,19-20,23H,9-18,21-22H2,1-2H3. The summed E-state index contributed by atoms with van der Waals surface area (Å²) in [6.07, 6.45) is 0.975. The SMILES string of the molecule is COc1cccc(CN(Cc2cccc(N3CCN(C)CC3)c2)c2nc(CCN3CCOCC3)cs2)c1. The van der Waals surface area contributed by atoms with Crippen molar-refractivity contribution in [2.24, 2.45) is 0 Å². The lowest BCUT2D eigenvalue weighted by atomic mass is 10.1. The average molecular weight is 522 g/mol. The fourth-order valence-electron chi connectivity index (χ4n) is 4.97. The molecule has 2 aliphatic rings. The molecular weight excluding hydrogens is 482 g/mol. The first-order valence-electron chi connectivity index (χ1n) is 13.3. The highest BCUT2D eigenvalue weighted by molar-refractivity contribution is 7.13. The van der Waals surface area contributed by atoms with Crippen molar-refractivity contribution in [3.63, 3.8) is 0 Å². The van der Waals surface area contributed by atoms with Gasteiger partial charge in [-0.15, -0.1) is 11.3 Å². The summed E-state index contributed by atoms with van der Waals surface area (Å²) >= 11 is 1.75. The summed E-state index contributed by atoms with van der Waals surface area (Å²) in [6, 6.07) is 17.4. The Morgan fingerprint density at radius 1 is 0.946 bits per heavy atom. The molecule has 1 aromatic heterocycles. The van der Waals surface area contributed by atoms with E-state index in [-0.39, 0.29) is 0 Å². The van der Waals surface area contributed by atoms with Crippen molar-refractivity contribution in [2.75, 3.05) is 83.0 Å². The Morgan fingerprint density at radius 3 is 2.43 bits per heavy atom. The molecule has 0 radical (unpaired) electrons. The van der Waals surface area contributed by atoms with Crippen LogP contribution >= 0.6 is 11.3 Å². The lowest BCUT2D eigenvalue weighted by Crippen LogP contribution is -2.44. The second kappa shape index (κ2) is 12.7. The Labute approximate surface area is 225 Å². The Hall–Kier alpha value is -2.65. The number of nitrogens with zero attached hydrogens (tertiary/aromatic N) is 5. The molecular formula is C29H39N5O2S. The number of aromatic nitrogens is 1. The third-order valence-corrected chi connectivity index (χ3v) is 8.21. The first-order valence-corrected chi connectivity index (χ1v) is 14.2. The van der Waals surface area contributed by atoms with Gasteiger partial charge < -0.3 is 24.2 Å². The van der Waals surface area contributed by atoms with Gasteiger partial charge in [0.15, 0.2) is 5.13 Å². The zero-order valence-electron chi connectivity index (χ0n) is 22.1. The molecule has 2 fully saturated rings. The monoisotopic (exact) mass is 521 g/mol. The topological polar surface area (TPSA) is 44.3 Å². The maximum Gasteiger partial charge on any atom is 0.186 e. The molecule has 5 rings (SSSR count). The molecule has 3 heterocycles. The summed E-state index contributed by atoms with van der Waals surface area (Å²) in [4.78, 5) is 14.9. The van der Waals surface area contributed by atoms with Gasteiger partial charge in [0.2, 0.25) is 0 Å². The number of ether oxygens (including phenoxy) is 2. The minimum Gasteiger partial charge on any atom is -0.497 e. The van der Waals surface area contributed by atoms with Crippen molar-refractivity contribution < 1.29 is 9.47 Å². The molecule has 8 heteroatoms. The van der Waals surface area contributed by atoms with Crippen molar-refractivity contribution in [3.05, 3.63) is 70.7 Å². The van der Waals surface area contributed by atoms with E-state index >= 15 is 0 Å². The van der Waals surface area contributed by atoms with Crippen LogP contribution in [-0.4, -0.2) is 88.0 Å². The van der Waals surface area contributed by atoms with Gasteiger partial charge in [-0.05, 0) is 42.4 Å². The maximum absolute atomic E-state index is 5.49. The summed E-state index contributed by atoms with van der Waals surface area (Å²) in [5, 5.41) is 3.31. The normalized spacial score (nSPS) is 17.2. The van der Waals surface area contributed by atoms with Crippen molar-refractivity contribution in [2.45, 2.75) is 19.5 Å². The second-order valence-corrected chi connectivity index (χ2v) is 10.8. The van der Waals surface area contributed by atoms with Gasteiger partial charge in [0, 0.05) is 76.4 Å². The first kappa shape index (κ1) is 26.0. The molecule has 0 unspecified atom stereocenters. The number of piperazine rings is 1. The minimum absolute atomic E-state index is 0.784. The van der Waals surface area contributed by atoms with Crippen LogP contribution < -0.4 is 14.5 Å². The minimum atomic E-state index is 0.784. The van der Waals surface area contributed by atoms with Gasteiger partial charge >= 0.3 is 0 Å². The number of hydrogen-bond donors (Lipinski definition) is 0. The van der Waals surface area contributed by atoms with Gasteiger partial charge in [0.1, 0.15) is 5.75 Å². The van der Waals surface area contributed by atoms with Crippen molar-refractivity contribution >= 4 is 22.2 Å². The van der Waals surface area contributed by atoms with Gasteiger partial charge in [0.05, 0.1) is 26.0 Å². The van der Waals surface area contributed by atoms with Crippen LogP contribution in [-0.2, 0) is 24.2 Å². The van der Waals surface area contributed by atoms with Crippen LogP contribution in [0, 0.1) is 0 Å². The molecule has 198 valence electrons. The van der Waals surface area contributed by atoms with E-state index in [1.807, 2.05) is 6.07 Å². The molecule has 0 atom stereocenters. The molecule has 2 aromatic carbocycles. The number of methoxy groups -OCH3 is 1. The van der Waals surface area contributed by atoms with Gasteiger partial charge in [-0.25, -0.2) is 4.98 Å². The van der Waals surface area contributed by atoms with E-state index < -0.39 is 0 Å². The maximum atomic E-state index is 5.49. The fourth-order valence-corrected chi connectivity index (χ4v) is 5.83.